The predicted molar refractivity (Wildman–Crippen MR) is 54.9 cm³/mol. The third-order valence-corrected chi connectivity index (χ3v) is 3.08. The molecule has 0 aliphatic heterocycles. The van der Waals surface area contributed by atoms with E-state index in [1.807, 2.05) is 4.68 Å². The van der Waals surface area contributed by atoms with Gasteiger partial charge >= 0.3 is 0 Å². The fraction of sp³-hybridized carbons (Fsp3) is 0.800. The maximum absolute atomic E-state index is 5.88. The van der Waals surface area contributed by atoms with E-state index in [4.69, 9.17) is 5.73 Å². The van der Waals surface area contributed by atoms with E-state index in [1.165, 1.54) is 12.8 Å². The highest BCUT2D eigenvalue weighted by atomic mass is 15.3. The molecule has 0 amide bonds. The van der Waals surface area contributed by atoms with Gasteiger partial charge in [-0.05, 0) is 32.6 Å². The van der Waals surface area contributed by atoms with Crippen molar-refractivity contribution in [2.45, 2.75) is 51.1 Å². The molecule has 1 aromatic rings. The first-order valence-corrected chi connectivity index (χ1v) is 5.44. The van der Waals surface area contributed by atoms with Crippen LogP contribution < -0.4 is 5.73 Å². The minimum atomic E-state index is 0.407. The van der Waals surface area contributed by atoms with E-state index in [2.05, 4.69) is 17.0 Å². The first-order valence-electron chi connectivity index (χ1n) is 5.44. The maximum atomic E-state index is 5.88. The number of nitrogens with zero attached hydrogens (tertiary/aromatic N) is 3. The second-order valence-electron chi connectivity index (χ2n) is 4.05. The average molecular weight is 194 g/mol. The number of hydrogen-bond donors (Lipinski definition) is 1. The van der Waals surface area contributed by atoms with Crippen LogP contribution in [0, 0.1) is 0 Å². The van der Waals surface area contributed by atoms with E-state index in [0.717, 1.165) is 25.2 Å². The van der Waals surface area contributed by atoms with Gasteiger partial charge in [-0.1, -0.05) is 0 Å². The lowest BCUT2D eigenvalue weighted by molar-refractivity contribution is 0.373. The van der Waals surface area contributed by atoms with Gasteiger partial charge in [-0.2, -0.15) is 5.10 Å². The molecule has 0 aromatic carbocycles. The van der Waals surface area contributed by atoms with Gasteiger partial charge in [0, 0.05) is 18.5 Å². The highest BCUT2D eigenvalue weighted by Crippen LogP contribution is 2.30. The van der Waals surface area contributed by atoms with Crippen LogP contribution in [0.3, 0.4) is 0 Å². The lowest BCUT2D eigenvalue weighted by Gasteiger charge is -2.25. The van der Waals surface area contributed by atoms with Crippen molar-refractivity contribution in [1.82, 2.24) is 14.8 Å². The fourth-order valence-electron chi connectivity index (χ4n) is 2.21. The zero-order chi connectivity index (χ0) is 9.97. The number of hydrogen-bond acceptors (Lipinski definition) is 3. The first kappa shape index (κ1) is 9.65. The van der Waals surface area contributed by atoms with Crippen LogP contribution in [0.1, 0.15) is 44.3 Å². The molecule has 1 aromatic heterocycles. The molecule has 0 spiro atoms. The molecule has 2 rings (SSSR count). The van der Waals surface area contributed by atoms with Gasteiger partial charge in [0.2, 0.25) is 0 Å². The van der Waals surface area contributed by atoms with Crippen molar-refractivity contribution in [2.24, 2.45) is 5.73 Å². The number of nitrogens with two attached hydrogens (primary N) is 1. The summed E-state index contributed by atoms with van der Waals surface area (Å²) in [5.41, 5.74) is 5.88. The second-order valence-corrected chi connectivity index (χ2v) is 4.05. The second kappa shape index (κ2) is 4.09. The number of aromatic nitrogens is 3. The van der Waals surface area contributed by atoms with Crippen LogP contribution in [0.15, 0.2) is 6.33 Å². The zero-order valence-electron chi connectivity index (χ0n) is 8.69. The van der Waals surface area contributed by atoms with Gasteiger partial charge in [-0.3, -0.25) is 4.68 Å². The Morgan fingerprint density at radius 2 is 2.14 bits per heavy atom. The molecule has 1 fully saturated rings. The summed E-state index contributed by atoms with van der Waals surface area (Å²) in [6.07, 6.45) is 6.25. The first-order chi connectivity index (χ1) is 6.81. The summed E-state index contributed by atoms with van der Waals surface area (Å²) < 4.78 is 2.00. The van der Waals surface area contributed by atoms with E-state index in [-0.39, 0.29) is 0 Å². The molecule has 0 atom stereocenters. The summed E-state index contributed by atoms with van der Waals surface area (Å²) in [5, 5.41) is 4.20. The fourth-order valence-corrected chi connectivity index (χ4v) is 2.21. The highest BCUT2D eigenvalue weighted by molar-refractivity contribution is 4.98. The predicted octanol–water partition coefficient (Wildman–Crippen LogP) is 1.28. The molecule has 14 heavy (non-hydrogen) atoms. The van der Waals surface area contributed by atoms with Gasteiger partial charge in [0.1, 0.15) is 12.2 Å². The quantitative estimate of drug-likeness (QED) is 0.771. The molecular weight excluding hydrogens is 176 g/mol. The summed E-state index contributed by atoms with van der Waals surface area (Å²) >= 11 is 0. The lowest BCUT2D eigenvalue weighted by atomic mass is 9.86. The monoisotopic (exact) mass is 194 g/mol. The standard InChI is InChI=1S/C10H18N4/c1-2-14-10(12-7-13-14)8-3-5-9(11)6-4-8/h7-9H,2-6,11H2,1H3/t8-,9-. The van der Waals surface area contributed by atoms with Crippen molar-refractivity contribution in [3.63, 3.8) is 0 Å². The molecule has 0 radical (unpaired) electrons. The Bertz CT molecular complexity index is 286. The topological polar surface area (TPSA) is 56.7 Å². The van der Waals surface area contributed by atoms with E-state index in [1.54, 1.807) is 6.33 Å². The van der Waals surface area contributed by atoms with Crippen LogP contribution in [0.25, 0.3) is 0 Å². The average Bonchev–Trinajstić information content (AvgIpc) is 2.67. The zero-order valence-corrected chi connectivity index (χ0v) is 8.69. The number of aryl methyl sites for hydroxylation is 1. The van der Waals surface area contributed by atoms with E-state index in [0.29, 0.717) is 12.0 Å². The van der Waals surface area contributed by atoms with Gasteiger partial charge in [0.25, 0.3) is 0 Å². The van der Waals surface area contributed by atoms with E-state index in [9.17, 15) is 0 Å². The Hall–Kier alpha value is -0.900. The van der Waals surface area contributed by atoms with Crippen molar-refractivity contribution in [1.29, 1.82) is 0 Å². The maximum Gasteiger partial charge on any atom is 0.138 e. The van der Waals surface area contributed by atoms with Crippen molar-refractivity contribution in [3.05, 3.63) is 12.2 Å². The molecule has 0 unspecified atom stereocenters. The Kier molecular flexibility index (Phi) is 2.82. The lowest BCUT2D eigenvalue weighted by Crippen LogP contribution is -2.26. The number of rotatable bonds is 2. The SMILES string of the molecule is CCn1ncnc1[C@H]1CC[C@H](N)CC1. The minimum Gasteiger partial charge on any atom is -0.328 e. The molecule has 4 nitrogen and oxygen atoms in total. The summed E-state index contributed by atoms with van der Waals surface area (Å²) in [4.78, 5) is 4.35. The van der Waals surface area contributed by atoms with Crippen LogP contribution in [0.5, 0.6) is 0 Å². The molecule has 0 bridgehead atoms. The van der Waals surface area contributed by atoms with Crippen LogP contribution in [-0.2, 0) is 6.54 Å². The van der Waals surface area contributed by atoms with Crippen molar-refractivity contribution < 1.29 is 0 Å². The Morgan fingerprint density at radius 1 is 1.43 bits per heavy atom. The molecule has 78 valence electrons. The van der Waals surface area contributed by atoms with Crippen molar-refractivity contribution >= 4 is 0 Å². The molecule has 2 N–H and O–H groups in total. The molecule has 4 heteroatoms. The van der Waals surface area contributed by atoms with Crippen LogP contribution in [-0.4, -0.2) is 20.8 Å². The smallest absolute Gasteiger partial charge is 0.138 e. The molecule has 1 saturated carbocycles. The van der Waals surface area contributed by atoms with Crippen molar-refractivity contribution in [3.8, 4) is 0 Å². The Labute approximate surface area is 84.5 Å². The van der Waals surface area contributed by atoms with E-state index >= 15 is 0 Å². The summed E-state index contributed by atoms with van der Waals surface area (Å²) in [7, 11) is 0. The third kappa shape index (κ3) is 1.80. The molecular formula is C10H18N4. The highest BCUT2D eigenvalue weighted by Gasteiger charge is 2.23. The summed E-state index contributed by atoms with van der Waals surface area (Å²) in [5.74, 6) is 1.73. The van der Waals surface area contributed by atoms with Gasteiger partial charge in [0.15, 0.2) is 0 Å². The summed E-state index contributed by atoms with van der Waals surface area (Å²) in [6.45, 7) is 3.02. The molecule has 1 heterocycles. The van der Waals surface area contributed by atoms with Crippen LogP contribution in [0.2, 0.25) is 0 Å². The van der Waals surface area contributed by atoms with Gasteiger partial charge < -0.3 is 5.73 Å². The van der Waals surface area contributed by atoms with Crippen LogP contribution in [0.4, 0.5) is 0 Å². The van der Waals surface area contributed by atoms with Crippen LogP contribution >= 0.6 is 0 Å². The van der Waals surface area contributed by atoms with Gasteiger partial charge in [-0.25, -0.2) is 4.98 Å². The molecule has 1 aliphatic rings. The molecule has 1 aliphatic carbocycles. The van der Waals surface area contributed by atoms with Gasteiger partial charge in [0.05, 0.1) is 0 Å². The normalized spacial score (nSPS) is 27.9. The Balaban J connectivity index is 2.08. The van der Waals surface area contributed by atoms with Crippen molar-refractivity contribution in [2.75, 3.05) is 0 Å². The largest absolute Gasteiger partial charge is 0.328 e. The van der Waals surface area contributed by atoms with Gasteiger partial charge in [-0.15, -0.1) is 0 Å². The Morgan fingerprint density at radius 3 is 2.79 bits per heavy atom. The summed E-state index contributed by atoms with van der Waals surface area (Å²) in [6, 6.07) is 0.407. The third-order valence-electron chi connectivity index (χ3n) is 3.08. The minimum absolute atomic E-state index is 0.407. The molecule has 0 saturated heterocycles. The van der Waals surface area contributed by atoms with E-state index < -0.39 is 0 Å².